The molecule has 0 N–H and O–H groups in total. The van der Waals surface area contributed by atoms with E-state index in [2.05, 4.69) is 0 Å². The number of hydrogen-bond donors (Lipinski definition) is 0. The fourth-order valence-corrected chi connectivity index (χ4v) is 4.63. The zero-order valence-electron chi connectivity index (χ0n) is 12.3. The predicted molar refractivity (Wildman–Crippen MR) is 85.4 cm³/mol. The van der Waals surface area contributed by atoms with Crippen LogP contribution in [0.15, 0.2) is 17.5 Å². The van der Waals surface area contributed by atoms with Gasteiger partial charge in [-0.15, -0.1) is 11.3 Å². The molecule has 0 amide bonds. The molecule has 5 nitrogen and oxygen atoms in total. The Kier molecular flexibility index (Phi) is 5.92. The lowest BCUT2D eigenvalue weighted by molar-refractivity contribution is 0.0905. The SMILES string of the molecule is CCCCS(=O)(=O)N1CCN(CC(=O)c2cccs2)CC1. The van der Waals surface area contributed by atoms with Crippen molar-refractivity contribution < 1.29 is 13.2 Å². The van der Waals surface area contributed by atoms with E-state index in [9.17, 15) is 13.2 Å². The summed E-state index contributed by atoms with van der Waals surface area (Å²) in [4.78, 5) is 14.8. The third-order valence-electron chi connectivity index (χ3n) is 3.64. The van der Waals surface area contributed by atoms with Crippen LogP contribution in [-0.2, 0) is 10.0 Å². The first kappa shape index (κ1) is 16.6. The molecule has 21 heavy (non-hydrogen) atoms. The number of nitrogens with zero attached hydrogens (tertiary/aromatic N) is 2. The van der Waals surface area contributed by atoms with Crippen molar-refractivity contribution in [1.29, 1.82) is 0 Å². The highest BCUT2D eigenvalue weighted by atomic mass is 32.2. The topological polar surface area (TPSA) is 57.7 Å². The maximum Gasteiger partial charge on any atom is 0.214 e. The number of ketones is 1. The highest BCUT2D eigenvalue weighted by Gasteiger charge is 2.27. The van der Waals surface area contributed by atoms with Gasteiger partial charge in [0.05, 0.1) is 17.2 Å². The van der Waals surface area contributed by atoms with Crippen LogP contribution >= 0.6 is 11.3 Å². The van der Waals surface area contributed by atoms with Crippen LogP contribution in [0.2, 0.25) is 0 Å². The van der Waals surface area contributed by atoms with E-state index in [0.29, 0.717) is 39.1 Å². The van der Waals surface area contributed by atoms with E-state index in [-0.39, 0.29) is 11.5 Å². The zero-order chi connectivity index (χ0) is 15.3. The third kappa shape index (κ3) is 4.60. The Bertz CT molecular complexity index is 547. The van der Waals surface area contributed by atoms with E-state index in [1.807, 2.05) is 29.3 Å². The average Bonchev–Trinajstić information content (AvgIpc) is 3.00. The van der Waals surface area contributed by atoms with Crippen LogP contribution in [0.4, 0.5) is 0 Å². The van der Waals surface area contributed by atoms with Crippen molar-refractivity contribution in [3.63, 3.8) is 0 Å². The second kappa shape index (κ2) is 7.49. The number of hydrogen-bond acceptors (Lipinski definition) is 5. The Balaban J connectivity index is 1.82. The maximum absolute atomic E-state index is 12.1. The molecule has 118 valence electrons. The summed E-state index contributed by atoms with van der Waals surface area (Å²) in [6.07, 6.45) is 1.59. The first-order chi connectivity index (χ1) is 10.0. The van der Waals surface area contributed by atoms with Gasteiger partial charge in [-0.1, -0.05) is 19.4 Å². The summed E-state index contributed by atoms with van der Waals surface area (Å²) in [6, 6.07) is 3.70. The number of piperazine rings is 1. The van der Waals surface area contributed by atoms with Crippen molar-refractivity contribution in [2.75, 3.05) is 38.5 Å². The number of sulfonamides is 1. The summed E-state index contributed by atoms with van der Waals surface area (Å²) >= 11 is 1.45. The lowest BCUT2D eigenvalue weighted by atomic mass is 10.2. The van der Waals surface area contributed by atoms with Gasteiger partial charge in [0.2, 0.25) is 10.0 Å². The van der Waals surface area contributed by atoms with E-state index in [1.54, 1.807) is 4.31 Å². The lowest BCUT2D eigenvalue weighted by Crippen LogP contribution is -2.50. The third-order valence-corrected chi connectivity index (χ3v) is 6.51. The fraction of sp³-hybridized carbons (Fsp3) is 0.643. The van der Waals surface area contributed by atoms with Gasteiger partial charge in [0.15, 0.2) is 5.78 Å². The van der Waals surface area contributed by atoms with Crippen LogP contribution in [0, 0.1) is 0 Å². The molecule has 1 aliphatic rings. The second-order valence-electron chi connectivity index (χ2n) is 5.25. The predicted octanol–water partition coefficient (Wildman–Crippen LogP) is 1.68. The van der Waals surface area contributed by atoms with Gasteiger partial charge in [-0.2, -0.15) is 4.31 Å². The van der Waals surface area contributed by atoms with Crippen molar-refractivity contribution in [2.45, 2.75) is 19.8 Å². The Hall–Kier alpha value is -0.760. The molecule has 0 atom stereocenters. The summed E-state index contributed by atoms with van der Waals surface area (Å²) in [5.41, 5.74) is 0. The molecule has 1 saturated heterocycles. The standard InChI is InChI=1S/C14H22N2O3S2/c1-2-3-11-21(18,19)16-8-6-15(7-9-16)12-13(17)14-5-4-10-20-14/h4-5,10H,2-3,6-9,11-12H2,1H3. The Labute approximate surface area is 130 Å². The highest BCUT2D eigenvalue weighted by molar-refractivity contribution is 7.89. The van der Waals surface area contributed by atoms with Crippen molar-refractivity contribution in [3.8, 4) is 0 Å². The first-order valence-corrected chi connectivity index (χ1v) is 9.78. The minimum atomic E-state index is -3.12. The minimum Gasteiger partial charge on any atom is -0.293 e. The molecule has 1 aliphatic heterocycles. The molecule has 2 rings (SSSR count). The van der Waals surface area contributed by atoms with Gasteiger partial charge < -0.3 is 0 Å². The van der Waals surface area contributed by atoms with Gasteiger partial charge in [-0.3, -0.25) is 9.69 Å². The molecule has 1 aromatic rings. The molecule has 0 aromatic carbocycles. The number of thiophene rings is 1. The summed E-state index contributed by atoms with van der Waals surface area (Å²) in [5.74, 6) is 0.352. The van der Waals surface area contributed by atoms with Gasteiger partial charge in [-0.05, 0) is 17.9 Å². The van der Waals surface area contributed by atoms with Crippen molar-refractivity contribution in [2.24, 2.45) is 0 Å². The largest absolute Gasteiger partial charge is 0.293 e. The molecular formula is C14H22N2O3S2. The Morgan fingerprint density at radius 1 is 1.29 bits per heavy atom. The molecule has 0 unspecified atom stereocenters. The first-order valence-electron chi connectivity index (χ1n) is 7.30. The highest BCUT2D eigenvalue weighted by Crippen LogP contribution is 2.13. The zero-order valence-corrected chi connectivity index (χ0v) is 14.0. The van der Waals surface area contributed by atoms with Gasteiger partial charge in [0, 0.05) is 26.2 Å². The molecule has 7 heteroatoms. The monoisotopic (exact) mass is 330 g/mol. The van der Waals surface area contributed by atoms with E-state index >= 15 is 0 Å². The van der Waals surface area contributed by atoms with E-state index in [4.69, 9.17) is 0 Å². The summed E-state index contributed by atoms with van der Waals surface area (Å²) in [6.45, 7) is 4.60. The number of carbonyl (C=O) groups excluding carboxylic acids is 1. The molecule has 0 spiro atoms. The van der Waals surface area contributed by atoms with Crippen LogP contribution in [-0.4, -0.2) is 61.9 Å². The normalized spacial score (nSPS) is 18.0. The van der Waals surface area contributed by atoms with Crippen LogP contribution in [0.5, 0.6) is 0 Å². The molecule has 1 aromatic heterocycles. The van der Waals surface area contributed by atoms with Crippen molar-refractivity contribution in [1.82, 2.24) is 9.21 Å². The molecule has 0 saturated carbocycles. The summed E-state index contributed by atoms with van der Waals surface area (Å²) in [7, 11) is -3.12. The van der Waals surface area contributed by atoms with E-state index in [1.165, 1.54) is 11.3 Å². The Morgan fingerprint density at radius 3 is 2.57 bits per heavy atom. The van der Waals surface area contributed by atoms with Gasteiger partial charge in [0.25, 0.3) is 0 Å². The van der Waals surface area contributed by atoms with Gasteiger partial charge in [-0.25, -0.2) is 8.42 Å². The molecule has 1 fully saturated rings. The molecule has 0 bridgehead atoms. The molecule has 0 aliphatic carbocycles. The smallest absolute Gasteiger partial charge is 0.214 e. The van der Waals surface area contributed by atoms with E-state index < -0.39 is 10.0 Å². The van der Waals surface area contributed by atoms with Crippen molar-refractivity contribution in [3.05, 3.63) is 22.4 Å². The molecule has 2 heterocycles. The maximum atomic E-state index is 12.1. The van der Waals surface area contributed by atoms with Crippen LogP contribution in [0.1, 0.15) is 29.4 Å². The van der Waals surface area contributed by atoms with Crippen molar-refractivity contribution >= 4 is 27.1 Å². The average molecular weight is 330 g/mol. The lowest BCUT2D eigenvalue weighted by Gasteiger charge is -2.33. The number of carbonyl (C=O) groups is 1. The van der Waals surface area contributed by atoms with Crippen LogP contribution < -0.4 is 0 Å². The Morgan fingerprint density at radius 2 is 2.00 bits per heavy atom. The number of rotatable bonds is 7. The second-order valence-corrected chi connectivity index (χ2v) is 8.28. The number of unbranched alkanes of at least 4 members (excludes halogenated alkanes) is 1. The van der Waals surface area contributed by atoms with Crippen LogP contribution in [0.25, 0.3) is 0 Å². The molecule has 0 radical (unpaired) electrons. The van der Waals surface area contributed by atoms with Gasteiger partial charge >= 0.3 is 0 Å². The summed E-state index contributed by atoms with van der Waals surface area (Å²) < 4.78 is 25.8. The van der Waals surface area contributed by atoms with Gasteiger partial charge in [0.1, 0.15) is 0 Å². The minimum absolute atomic E-state index is 0.118. The number of Topliss-reactive ketones (excluding diaryl/α,β-unsaturated/α-hetero) is 1. The van der Waals surface area contributed by atoms with Crippen LogP contribution in [0.3, 0.4) is 0 Å². The quantitative estimate of drug-likeness (QED) is 0.714. The fourth-order valence-electron chi connectivity index (χ4n) is 2.34. The van der Waals surface area contributed by atoms with E-state index in [0.717, 1.165) is 11.3 Å². The summed E-state index contributed by atoms with van der Waals surface area (Å²) in [5, 5.41) is 1.89. The molecular weight excluding hydrogens is 308 g/mol.